The van der Waals surface area contributed by atoms with Crippen molar-refractivity contribution >= 4 is 15.7 Å². The van der Waals surface area contributed by atoms with E-state index in [0.717, 1.165) is 5.56 Å². The Labute approximate surface area is 112 Å². The topological polar surface area (TPSA) is 102 Å². The molecular formula is C12H17N3O3S. The highest BCUT2D eigenvalue weighted by Gasteiger charge is 2.28. The van der Waals surface area contributed by atoms with Crippen LogP contribution < -0.4 is 11.1 Å². The van der Waals surface area contributed by atoms with Gasteiger partial charge in [0.2, 0.25) is 0 Å². The van der Waals surface area contributed by atoms with E-state index in [4.69, 9.17) is 5.73 Å². The fraction of sp³-hybridized carbons (Fsp3) is 0.500. The molecule has 19 heavy (non-hydrogen) atoms. The highest BCUT2D eigenvalue weighted by molar-refractivity contribution is 7.91. The molecular weight excluding hydrogens is 266 g/mol. The first-order valence-corrected chi connectivity index (χ1v) is 7.96. The lowest BCUT2D eigenvalue weighted by Gasteiger charge is -2.09. The van der Waals surface area contributed by atoms with Gasteiger partial charge >= 0.3 is 0 Å². The number of pyridine rings is 1. The monoisotopic (exact) mass is 283 g/mol. The third-order valence-electron chi connectivity index (χ3n) is 3.17. The summed E-state index contributed by atoms with van der Waals surface area (Å²) in [6.07, 6.45) is 2.18. The van der Waals surface area contributed by atoms with Crippen LogP contribution in [0.3, 0.4) is 0 Å². The van der Waals surface area contributed by atoms with Crippen molar-refractivity contribution < 1.29 is 13.2 Å². The van der Waals surface area contributed by atoms with E-state index >= 15 is 0 Å². The maximum Gasteiger partial charge on any atom is 0.269 e. The molecule has 1 aromatic heterocycles. The standard InChI is InChI=1S/C12H17N3O3S/c13-5-9-1-2-11(14-6-9)12(16)15-7-10-3-4-19(17,18)8-10/h1-2,6,10H,3-5,7-8,13H2,(H,15,16). The van der Waals surface area contributed by atoms with Crippen LogP contribution >= 0.6 is 0 Å². The van der Waals surface area contributed by atoms with Crippen molar-refractivity contribution in [2.75, 3.05) is 18.1 Å². The van der Waals surface area contributed by atoms with Gasteiger partial charge in [-0.05, 0) is 24.0 Å². The summed E-state index contributed by atoms with van der Waals surface area (Å²) in [6.45, 7) is 0.757. The lowest BCUT2D eigenvalue weighted by atomic mass is 10.1. The van der Waals surface area contributed by atoms with E-state index in [-0.39, 0.29) is 23.3 Å². The Morgan fingerprint density at radius 1 is 1.47 bits per heavy atom. The molecule has 0 bridgehead atoms. The highest BCUT2D eigenvalue weighted by atomic mass is 32.2. The fourth-order valence-corrected chi connectivity index (χ4v) is 3.90. The van der Waals surface area contributed by atoms with Crippen LogP contribution in [0.4, 0.5) is 0 Å². The first-order chi connectivity index (χ1) is 9.00. The van der Waals surface area contributed by atoms with Gasteiger partial charge in [-0.15, -0.1) is 0 Å². The number of hydrogen-bond acceptors (Lipinski definition) is 5. The molecule has 0 spiro atoms. The zero-order valence-corrected chi connectivity index (χ0v) is 11.3. The summed E-state index contributed by atoms with van der Waals surface area (Å²) in [5.41, 5.74) is 6.62. The molecule has 0 saturated carbocycles. The molecule has 6 nitrogen and oxygen atoms in total. The van der Waals surface area contributed by atoms with E-state index in [2.05, 4.69) is 10.3 Å². The van der Waals surface area contributed by atoms with Crippen LogP contribution in [0.15, 0.2) is 18.3 Å². The van der Waals surface area contributed by atoms with Crippen molar-refractivity contribution in [3.05, 3.63) is 29.6 Å². The second-order valence-corrected chi connectivity index (χ2v) is 6.96. The lowest BCUT2D eigenvalue weighted by molar-refractivity contribution is 0.0943. The molecule has 1 aliphatic heterocycles. The second-order valence-electron chi connectivity index (χ2n) is 4.73. The van der Waals surface area contributed by atoms with E-state index in [1.807, 2.05) is 0 Å². The molecule has 0 radical (unpaired) electrons. The van der Waals surface area contributed by atoms with Crippen molar-refractivity contribution in [1.82, 2.24) is 10.3 Å². The van der Waals surface area contributed by atoms with Crippen LogP contribution in [0, 0.1) is 5.92 Å². The van der Waals surface area contributed by atoms with Gasteiger partial charge in [-0.1, -0.05) is 6.07 Å². The van der Waals surface area contributed by atoms with E-state index in [0.29, 0.717) is 25.2 Å². The zero-order valence-electron chi connectivity index (χ0n) is 10.5. The Hall–Kier alpha value is -1.47. The quantitative estimate of drug-likeness (QED) is 0.790. The minimum Gasteiger partial charge on any atom is -0.350 e. The molecule has 1 unspecified atom stereocenters. The maximum absolute atomic E-state index is 11.8. The molecule has 1 amide bonds. The molecule has 0 aromatic carbocycles. The van der Waals surface area contributed by atoms with Gasteiger partial charge in [0.25, 0.3) is 5.91 Å². The Kier molecular flexibility index (Phi) is 4.16. The van der Waals surface area contributed by atoms with Crippen LogP contribution in [0.1, 0.15) is 22.5 Å². The summed E-state index contributed by atoms with van der Waals surface area (Å²) >= 11 is 0. The molecule has 2 rings (SSSR count). The van der Waals surface area contributed by atoms with E-state index in [1.165, 1.54) is 0 Å². The average Bonchev–Trinajstić information content (AvgIpc) is 2.76. The number of rotatable bonds is 4. The molecule has 2 heterocycles. The highest BCUT2D eigenvalue weighted by Crippen LogP contribution is 2.17. The SMILES string of the molecule is NCc1ccc(C(=O)NCC2CCS(=O)(=O)C2)nc1. The molecule has 7 heteroatoms. The first kappa shape index (κ1) is 14.0. The smallest absolute Gasteiger partial charge is 0.269 e. The van der Waals surface area contributed by atoms with Gasteiger partial charge in [0.15, 0.2) is 9.84 Å². The van der Waals surface area contributed by atoms with Crippen molar-refractivity contribution in [2.45, 2.75) is 13.0 Å². The summed E-state index contributed by atoms with van der Waals surface area (Å²) in [5, 5.41) is 2.72. The van der Waals surface area contributed by atoms with E-state index in [9.17, 15) is 13.2 Å². The van der Waals surface area contributed by atoms with Gasteiger partial charge in [-0.3, -0.25) is 9.78 Å². The third kappa shape index (κ3) is 3.74. The van der Waals surface area contributed by atoms with Crippen LogP contribution in [0.25, 0.3) is 0 Å². The number of hydrogen-bond donors (Lipinski definition) is 2. The Morgan fingerprint density at radius 3 is 2.79 bits per heavy atom. The molecule has 1 atom stereocenters. The molecule has 1 fully saturated rings. The van der Waals surface area contributed by atoms with Gasteiger partial charge in [0, 0.05) is 19.3 Å². The predicted molar refractivity (Wildman–Crippen MR) is 71.2 cm³/mol. The number of nitrogens with zero attached hydrogens (tertiary/aromatic N) is 1. The minimum atomic E-state index is -2.90. The lowest BCUT2D eigenvalue weighted by Crippen LogP contribution is -2.30. The third-order valence-corrected chi connectivity index (χ3v) is 5.01. The molecule has 1 aromatic rings. The summed E-state index contributed by atoms with van der Waals surface area (Å²) in [7, 11) is -2.90. The summed E-state index contributed by atoms with van der Waals surface area (Å²) in [5.74, 6) is 0.106. The van der Waals surface area contributed by atoms with Crippen LogP contribution in [-0.4, -0.2) is 37.4 Å². The minimum absolute atomic E-state index is 0.0114. The number of carbonyl (C=O) groups excluding carboxylic acids is 1. The van der Waals surface area contributed by atoms with Gasteiger partial charge in [0.1, 0.15) is 5.69 Å². The van der Waals surface area contributed by atoms with Crippen LogP contribution in [-0.2, 0) is 16.4 Å². The molecule has 0 aliphatic carbocycles. The predicted octanol–water partition coefficient (Wildman–Crippen LogP) is -0.295. The first-order valence-electron chi connectivity index (χ1n) is 6.14. The van der Waals surface area contributed by atoms with Crippen molar-refractivity contribution in [2.24, 2.45) is 11.7 Å². The van der Waals surface area contributed by atoms with Crippen molar-refractivity contribution in [1.29, 1.82) is 0 Å². The zero-order chi connectivity index (χ0) is 13.9. The van der Waals surface area contributed by atoms with Crippen molar-refractivity contribution in [3.8, 4) is 0 Å². The normalized spacial score (nSPS) is 21.2. The molecule has 104 valence electrons. The second kappa shape index (κ2) is 5.66. The van der Waals surface area contributed by atoms with Gasteiger partial charge < -0.3 is 11.1 Å². The van der Waals surface area contributed by atoms with Crippen molar-refractivity contribution in [3.63, 3.8) is 0 Å². The summed E-state index contributed by atoms with van der Waals surface area (Å²) in [6, 6.07) is 3.37. The van der Waals surface area contributed by atoms with Gasteiger partial charge in [-0.2, -0.15) is 0 Å². The number of sulfone groups is 1. The number of carbonyl (C=O) groups is 1. The Morgan fingerprint density at radius 2 is 2.26 bits per heavy atom. The summed E-state index contributed by atoms with van der Waals surface area (Å²) in [4.78, 5) is 15.8. The average molecular weight is 283 g/mol. The number of aromatic nitrogens is 1. The summed E-state index contributed by atoms with van der Waals surface area (Å²) < 4.78 is 22.6. The molecule has 3 N–H and O–H groups in total. The Bertz CT molecular complexity index is 554. The maximum atomic E-state index is 11.8. The number of amides is 1. The van der Waals surface area contributed by atoms with Crippen LogP contribution in [0.2, 0.25) is 0 Å². The van der Waals surface area contributed by atoms with Crippen LogP contribution in [0.5, 0.6) is 0 Å². The van der Waals surface area contributed by atoms with Gasteiger partial charge in [-0.25, -0.2) is 8.42 Å². The number of nitrogens with two attached hydrogens (primary N) is 1. The van der Waals surface area contributed by atoms with Gasteiger partial charge in [0.05, 0.1) is 11.5 Å². The fourth-order valence-electron chi connectivity index (χ4n) is 2.04. The molecule has 1 saturated heterocycles. The largest absolute Gasteiger partial charge is 0.350 e. The van der Waals surface area contributed by atoms with E-state index < -0.39 is 9.84 Å². The number of nitrogens with one attached hydrogen (secondary N) is 1. The Balaban J connectivity index is 1.87. The molecule has 1 aliphatic rings. The van der Waals surface area contributed by atoms with E-state index in [1.54, 1.807) is 18.3 Å².